The molecule has 3 amide bonds. The van der Waals surface area contributed by atoms with Crippen molar-refractivity contribution in [2.24, 2.45) is 5.73 Å². The molecule has 5 nitrogen and oxygen atoms in total. The second kappa shape index (κ2) is 5.73. The summed E-state index contributed by atoms with van der Waals surface area (Å²) in [5.41, 5.74) is 7.47. The van der Waals surface area contributed by atoms with E-state index in [1.54, 1.807) is 6.92 Å². The van der Waals surface area contributed by atoms with E-state index < -0.39 is 12.1 Å². The van der Waals surface area contributed by atoms with E-state index in [-0.39, 0.29) is 11.9 Å². The quantitative estimate of drug-likeness (QED) is 0.764. The highest BCUT2D eigenvalue weighted by molar-refractivity contribution is 5.86. The highest BCUT2D eigenvalue weighted by Crippen LogP contribution is 2.29. The zero-order chi connectivity index (χ0) is 13.8. The van der Waals surface area contributed by atoms with Crippen molar-refractivity contribution in [1.29, 1.82) is 0 Å². The monoisotopic (exact) mass is 261 g/mol. The van der Waals surface area contributed by atoms with Crippen LogP contribution in [0.3, 0.4) is 0 Å². The maximum absolute atomic E-state index is 12.0. The van der Waals surface area contributed by atoms with Gasteiger partial charge >= 0.3 is 6.03 Å². The average molecular weight is 261 g/mol. The molecule has 1 aliphatic rings. The summed E-state index contributed by atoms with van der Waals surface area (Å²) in [4.78, 5) is 22.7. The van der Waals surface area contributed by atoms with Crippen molar-refractivity contribution in [2.45, 2.75) is 38.3 Å². The van der Waals surface area contributed by atoms with E-state index >= 15 is 0 Å². The Hall–Kier alpha value is -2.04. The molecule has 0 bridgehead atoms. The fourth-order valence-electron chi connectivity index (χ4n) is 2.48. The number of fused-ring (bicyclic) bond motifs is 1. The summed E-state index contributed by atoms with van der Waals surface area (Å²) in [6.07, 6.45) is 3.03. The van der Waals surface area contributed by atoms with Crippen molar-refractivity contribution >= 4 is 11.9 Å². The SMILES string of the molecule is C[C@H](NC(N)=O)C(=O)N[C@H]1CCCc2ccccc21. The molecule has 0 saturated carbocycles. The van der Waals surface area contributed by atoms with E-state index in [4.69, 9.17) is 5.73 Å². The lowest BCUT2D eigenvalue weighted by Gasteiger charge is -2.27. The maximum Gasteiger partial charge on any atom is 0.312 e. The van der Waals surface area contributed by atoms with Crippen molar-refractivity contribution in [3.63, 3.8) is 0 Å². The minimum Gasteiger partial charge on any atom is -0.352 e. The Morgan fingerprint density at radius 3 is 2.84 bits per heavy atom. The highest BCUT2D eigenvalue weighted by atomic mass is 16.2. The number of nitrogens with two attached hydrogens (primary N) is 1. The van der Waals surface area contributed by atoms with Crippen LogP contribution in [0.25, 0.3) is 0 Å². The summed E-state index contributed by atoms with van der Waals surface area (Å²) in [7, 11) is 0. The van der Waals surface area contributed by atoms with E-state index in [1.165, 1.54) is 11.1 Å². The minimum absolute atomic E-state index is 0.0228. The molecule has 2 rings (SSSR count). The molecule has 5 heteroatoms. The van der Waals surface area contributed by atoms with Gasteiger partial charge in [-0.1, -0.05) is 24.3 Å². The molecule has 2 atom stereocenters. The highest BCUT2D eigenvalue weighted by Gasteiger charge is 2.23. The van der Waals surface area contributed by atoms with Gasteiger partial charge in [0.05, 0.1) is 6.04 Å². The van der Waals surface area contributed by atoms with Gasteiger partial charge in [-0.15, -0.1) is 0 Å². The van der Waals surface area contributed by atoms with Crippen LogP contribution >= 0.6 is 0 Å². The van der Waals surface area contributed by atoms with Crippen molar-refractivity contribution in [3.8, 4) is 0 Å². The number of nitrogens with one attached hydrogen (secondary N) is 2. The lowest BCUT2D eigenvalue weighted by Crippen LogP contribution is -2.47. The van der Waals surface area contributed by atoms with Gasteiger partial charge in [-0.25, -0.2) is 4.79 Å². The molecule has 1 aromatic rings. The van der Waals surface area contributed by atoms with Gasteiger partial charge in [0.25, 0.3) is 0 Å². The number of hydrogen-bond acceptors (Lipinski definition) is 2. The van der Waals surface area contributed by atoms with Crippen molar-refractivity contribution in [2.75, 3.05) is 0 Å². The molecule has 0 unspecified atom stereocenters. The topological polar surface area (TPSA) is 84.2 Å². The largest absolute Gasteiger partial charge is 0.352 e. The first kappa shape index (κ1) is 13.4. The molecule has 102 valence electrons. The van der Waals surface area contributed by atoms with Crippen LogP contribution < -0.4 is 16.4 Å². The first-order chi connectivity index (χ1) is 9.08. The van der Waals surface area contributed by atoms with Crippen LogP contribution in [0.5, 0.6) is 0 Å². The lowest BCUT2D eigenvalue weighted by atomic mass is 9.87. The number of rotatable bonds is 3. The molecule has 0 heterocycles. The van der Waals surface area contributed by atoms with E-state index in [2.05, 4.69) is 16.7 Å². The number of benzene rings is 1. The zero-order valence-electron chi connectivity index (χ0n) is 11.0. The van der Waals surface area contributed by atoms with Crippen LogP contribution in [0.4, 0.5) is 4.79 Å². The summed E-state index contributed by atoms with van der Waals surface area (Å²) in [5, 5.41) is 5.35. The van der Waals surface area contributed by atoms with E-state index in [9.17, 15) is 9.59 Å². The van der Waals surface area contributed by atoms with Gasteiger partial charge in [-0.05, 0) is 37.3 Å². The Morgan fingerprint density at radius 2 is 2.11 bits per heavy atom. The second-order valence-corrected chi connectivity index (χ2v) is 4.88. The molecule has 1 aliphatic carbocycles. The Labute approximate surface area is 112 Å². The van der Waals surface area contributed by atoms with E-state index in [1.807, 2.05) is 18.2 Å². The number of primary amides is 1. The van der Waals surface area contributed by atoms with Gasteiger partial charge in [0.15, 0.2) is 0 Å². The third-order valence-electron chi connectivity index (χ3n) is 3.44. The Bertz CT molecular complexity index is 487. The first-order valence-corrected chi connectivity index (χ1v) is 6.52. The molecule has 0 spiro atoms. The number of aryl methyl sites for hydroxylation is 1. The minimum atomic E-state index is -0.688. The zero-order valence-corrected chi connectivity index (χ0v) is 11.0. The molecule has 19 heavy (non-hydrogen) atoms. The number of urea groups is 1. The average Bonchev–Trinajstić information content (AvgIpc) is 2.38. The third-order valence-corrected chi connectivity index (χ3v) is 3.44. The Balaban J connectivity index is 2.04. The fourth-order valence-corrected chi connectivity index (χ4v) is 2.48. The predicted molar refractivity (Wildman–Crippen MR) is 72.4 cm³/mol. The van der Waals surface area contributed by atoms with Gasteiger partial charge in [0, 0.05) is 0 Å². The van der Waals surface area contributed by atoms with Crippen molar-refractivity contribution in [3.05, 3.63) is 35.4 Å². The van der Waals surface area contributed by atoms with Crippen LogP contribution in [-0.2, 0) is 11.2 Å². The number of carbonyl (C=O) groups is 2. The van der Waals surface area contributed by atoms with Gasteiger partial charge in [-0.2, -0.15) is 0 Å². The summed E-state index contributed by atoms with van der Waals surface area (Å²) >= 11 is 0. The number of hydrogen-bond donors (Lipinski definition) is 3. The molecular weight excluding hydrogens is 242 g/mol. The van der Waals surface area contributed by atoms with Gasteiger partial charge in [-0.3, -0.25) is 4.79 Å². The first-order valence-electron chi connectivity index (χ1n) is 6.52. The molecule has 0 saturated heterocycles. The van der Waals surface area contributed by atoms with Gasteiger partial charge in [0.2, 0.25) is 5.91 Å². The Kier molecular flexibility index (Phi) is 4.04. The van der Waals surface area contributed by atoms with E-state index in [0.29, 0.717) is 0 Å². The summed E-state index contributed by atoms with van der Waals surface area (Å²) in [6, 6.07) is 6.85. The molecule has 0 fully saturated rings. The van der Waals surface area contributed by atoms with E-state index in [0.717, 1.165) is 19.3 Å². The number of carbonyl (C=O) groups excluding carboxylic acids is 2. The van der Waals surface area contributed by atoms with Gasteiger partial charge < -0.3 is 16.4 Å². The molecule has 0 aliphatic heterocycles. The smallest absolute Gasteiger partial charge is 0.312 e. The maximum atomic E-state index is 12.0. The molecule has 0 radical (unpaired) electrons. The summed E-state index contributed by atoms with van der Waals surface area (Å²) < 4.78 is 0. The third kappa shape index (κ3) is 3.24. The van der Waals surface area contributed by atoms with Crippen LogP contribution in [0.15, 0.2) is 24.3 Å². The number of amides is 3. The fraction of sp³-hybridized carbons (Fsp3) is 0.429. The standard InChI is InChI=1S/C14H19N3O2/c1-9(16-14(15)19)13(18)17-12-8-4-6-10-5-2-3-7-11(10)12/h2-3,5,7,9,12H,4,6,8H2,1H3,(H,17,18)(H3,15,16,19)/t9-,12-/m0/s1. The van der Waals surface area contributed by atoms with Crippen LogP contribution in [0.1, 0.15) is 36.9 Å². The molecule has 1 aromatic carbocycles. The van der Waals surface area contributed by atoms with Gasteiger partial charge in [0.1, 0.15) is 6.04 Å². The summed E-state index contributed by atoms with van der Waals surface area (Å²) in [5.74, 6) is -0.208. The Morgan fingerprint density at radius 1 is 1.37 bits per heavy atom. The summed E-state index contributed by atoms with van der Waals surface area (Å²) in [6.45, 7) is 1.62. The second-order valence-electron chi connectivity index (χ2n) is 4.88. The van der Waals surface area contributed by atoms with Crippen molar-refractivity contribution < 1.29 is 9.59 Å². The lowest BCUT2D eigenvalue weighted by molar-refractivity contribution is -0.123. The van der Waals surface area contributed by atoms with Crippen LogP contribution in [-0.4, -0.2) is 18.0 Å². The molecule has 0 aromatic heterocycles. The van der Waals surface area contributed by atoms with Crippen LogP contribution in [0.2, 0.25) is 0 Å². The molecular formula is C14H19N3O2. The molecule has 4 N–H and O–H groups in total. The predicted octanol–water partition coefficient (Wildman–Crippen LogP) is 1.24. The van der Waals surface area contributed by atoms with Crippen LogP contribution in [0, 0.1) is 0 Å². The van der Waals surface area contributed by atoms with Crippen molar-refractivity contribution in [1.82, 2.24) is 10.6 Å². The normalized spacial score (nSPS) is 19.1.